The molecule has 2 N–H and O–H groups in total. The molecule has 0 saturated carbocycles. The van der Waals surface area contributed by atoms with Crippen LogP contribution in [0.15, 0.2) is 53.4 Å². The van der Waals surface area contributed by atoms with Gasteiger partial charge in [-0.15, -0.1) is 4.83 Å². The highest BCUT2D eigenvalue weighted by molar-refractivity contribution is 7.89. The van der Waals surface area contributed by atoms with Crippen LogP contribution < -0.4 is 15.0 Å². The Labute approximate surface area is 169 Å². The predicted octanol–water partition coefficient (Wildman–Crippen LogP) is 1.83. The first-order chi connectivity index (χ1) is 13.9. The molecule has 0 unspecified atom stereocenters. The molecule has 0 aromatic heterocycles. The highest BCUT2D eigenvalue weighted by Crippen LogP contribution is 2.16. The number of hydrogen-bond donors (Lipinski definition) is 2. The predicted molar refractivity (Wildman–Crippen MR) is 106 cm³/mol. The maximum Gasteiger partial charge on any atom is 0.266 e. The van der Waals surface area contributed by atoms with Crippen molar-refractivity contribution in [1.29, 1.82) is 0 Å². The van der Waals surface area contributed by atoms with Gasteiger partial charge in [-0.05, 0) is 55.3 Å². The third-order valence-electron chi connectivity index (χ3n) is 4.50. The third kappa shape index (κ3) is 5.33. The summed E-state index contributed by atoms with van der Waals surface area (Å²) >= 11 is 0. The van der Waals surface area contributed by atoms with Gasteiger partial charge in [0, 0.05) is 25.1 Å². The van der Waals surface area contributed by atoms with E-state index >= 15 is 0 Å². The van der Waals surface area contributed by atoms with Crippen molar-refractivity contribution in [2.24, 2.45) is 0 Å². The number of sulfonamides is 1. The van der Waals surface area contributed by atoms with Crippen LogP contribution in [0.3, 0.4) is 0 Å². The Hall–Kier alpha value is -2.91. The van der Waals surface area contributed by atoms with Gasteiger partial charge in [-0.1, -0.05) is 12.1 Å². The van der Waals surface area contributed by atoms with Gasteiger partial charge in [0.05, 0.1) is 11.5 Å². The van der Waals surface area contributed by atoms with Crippen molar-refractivity contribution in [3.63, 3.8) is 0 Å². The molecule has 1 heterocycles. The van der Waals surface area contributed by atoms with Crippen molar-refractivity contribution >= 4 is 21.8 Å². The Balaban J connectivity index is 1.57. The molecular weight excluding hydrogens is 394 g/mol. The standard InChI is InChI=1S/C20H23N3O5S/c1-2-28-17-9-11-18(12-10-17)29(26,27)22-21-20(25)16-7-5-15(6-8-16)14-23-13-3-4-19(23)24/h5-12,22H,2-4,13-14H2,1H3,(H,21,25). The van der Waals surface area contributed by atoms with Crippen LogP contribution in [0.1, 0.15) is 35.7 Å². The lowest BCUT2D eigenvalue weighted by atomic mass is 10.1. The maximum absolute atomic E-state index is 12.3. The number of ether oxygens (including phenoxy) is 1. The molecule has 2 aromatic carbocycles. The molecule has 154 valence electrons. The molecular formula is C20H23N3O5S. The van der Waals surface area contributed by atoms with Gasteiger partial charge >= 0.3 is 0 Å². The second-order valence-electron chi connectivity index (χ2n) is 6.58. The first kappa shape index (κ1) is 20.8. The third-order valence-corrected chi connectivity index (χ3v) is 5.77. The van der Waals surface area contributed by atoms with Gasteiger partial charge in [-0.25, -0.2) is 8.42 Å². The van der Waals surface area contributed by atoms with Crippen LogP contribution in [-0.2, 0) is 21.4 Å². The molecule has 8 nitrogen and oxygen atoms in total. The van der Waals surface area contributed by atoms with Crippen molar-refractivity contribution in [1.82, 2.24) is 15.2 Å². The van der Waals surface area contributed by atoms with Crippen molar-refractivity contribution in [3.8, 4) is 5.75 Å². The van der Waals surface area contributed by atoms with Crippen LogP contribution in [0.5, 0.6) is 5.75 Å². The Morgan fingerprint density at radius 2 is 1.79 bits per heavy atom. The van der Waals surface area contributed by atoms with Crippen LogP contribution in [0, 0.1) is 0 Å². The van der Waals surface area contributed by atoms with Gasteiger partial charge < -0.3 is 9.64 Å². The van der Waals surface area contributed by atoms with E-state index in [4.69, 9.17) is 4.74 Å². The molecule has 9 heteroatoms. The highest BCUT2D eigenvalue weighted by atomic mass is 32.2. The van der Waals surface area contributed by atoms with Gasteiger partial charge in [-0.3, -0.25) is 15.0 Å². The summed E-state index contributed by atoms with van der Waals surface area (Å²) in [5.74, 6) is 0.116. The van der Waals surface area contributed by atoms with E-state index in [2.05, 4.69) is 10.3 Å². The van der Waals surface area contributed by atoms with E-state index in [0.717, 1.165) is 18.5 Å². The summed E-state index contributed by atoms with van der Waals surface area (Å²) in [4.78, 5) is 27.8. The summed E-state index contributed by atoms with van der Waals surface area (Å²) in [5, 5.41) is 0. The monoisotopic (exact) mass is 417 g/mol. The fraction of sp³-hybridized carbons (Fsp3) is 0.300. The Morgan fingerprint density at radius 1 is 1.10 bits per heavy atom. The minimum atomic E-state index is -3.91. The summed E-state index contributed by atoms with van der Waals surface area (Å²) in [7, 11) is -3.91. The molecule has 0 radical (unpaired) electrons. The summed E-state index contributed by atoms with van der Waals surface area (Å²) in [6, 6.07) is 12.6. The van der Waals surface area contributed by atoms with Crippen molar-refractivity contribution in [2.45, 2.75) is 31.2 Å². The lowest BCUT2D eigenvalue weighted by Gasteiger charge is -2.15. The lowest BCUT2D eigenvalue weighted by Crippen LogP contribution is -2.41. The molecule has 0 spiro atoms. The van der Waals surface area contributed by atoms with E-state index in [9.17, 15) is 18.0 Å². The number of amides is 2. The van der Waals surface area contributed by atoms with Crippen LogP contribution in [0.2, 0.25) is 0 Å². The van der Waals surface area contributed by atoms with Crippen LogP contribution in [0.25, 0.3) is 0 Å². The average molecular weight is 417 g/mol. The average Bonchev–Trinajstić information content (AvgIpc) is 3.12. The maximum atomic E-state index is 12.3. The second-order valence-corrected chi connectivity index (χ2v) is 8.26. The second kappa shape index (κ2) is 9.06. The van der Waals surface area contributed by atoms with Gasteiger partial charge in [0.2, 0.25) is 5.91 Å². The molecule has 29 heavy (non-hydrogen) atoms. The molecule has 3 rings (SSSR count). The molecule has 1 fully saturated rings. The van der Waals surface area contributed by atoms with E-state index < -0.39 is 15.9 Å². The zero-order valence-corrected chi connectivity index (χ0v) is 16.9. The SMILES string of the molecule is CCOc1ccc(S(=O)(=O)NNC(=O)c2ccc(CN3CCCC3=O)cc2)cc1. The molecule has 0 atom stereocenters. The Kier molecular flexibility index (Phi) is 6.50. The number of nitrogens with zero attached hydrogens (tertiary/aromatic N) is 1. The van der Waals surface area contributed by atoms with Crippen LogP contribution in [0.4, 0.5) is 0 Å². The molecule has 1 saturated heterocycles. The first-order valence-corrected chi connectivity index (χ1v) is 10.8. The fourth-order valence-corrected chi connectivity index (χ4v) is 3.82. The fourth-order valence-electron chi connectivity index (χ4n) is 2.98. The number of carbonyl (C=O) groups is 2. The Morgan fingerprint density at radius 3 is 2.38 bits per heavy atom. The number of likely N-dealkylation sites (tertiary alicyclic amines) is 1. The van der Waals surface area contributed by atoms with E-state index in [-0.39, 0.29) is 10.8 Å². The van der Waals surface area contributed by atoms with E-state index in [1.54, 1.807) is 41.3 Å². The smallest absolute Gasteiger partial charge is 0.266 e. The molecule has 1 aliphatic rings. The summed E-state index contributed by atoms with van der Waals surface area (Å²) in [6.45, 7) is 3.56. The number of benzene rings is 2. The van der Waals surface area contributed by atoms with Gasteiger partial charge in [0.25, 0.3) is 15.9 Å². The summed E-state index contributed by atoms with van der Waals surface area (Å²) < 4.78 is 29.9. The van der Waals surface area contributed by atoms with E-state index in [0.29, 0.717) is 30.9 Å². The van der Waals surface area contributed by atoms with Crippen molar-refractivity contribution in [3.05, 3.63) is 59.7 Å². The quantitative estimate of drug-likeness (QED) is 0.638. The molecule has 0 bridgehead atoms. The van der Waals surface area contributed by atoms with Crippen molar-refractivity contribution < 1.29 is 22.7 Å². The zero-order chi connectivity index (χ0) is 20.9. The van der Waals surface area contributed by atoms with Crippen molar-refractivity contribution in [2.75, 3.05) is 13.2 Å². The van der Waals surface area contributed by atoms with Crippen LogP contribution >= 0.6 is 0 Å². The lowest BCUT2D eigenvalue weighted by molar-refractivity contribution is -0.128. The van der Waals surface area contributed by atoms with Crippen LogP contribution in [-0.4, -0.2) is 38.3 Å². The van der Waals surface area contributed by atoms with Gasteiger partial charge in [-0.2, -0.15) is 0 Å². The largest absolute Gasteiger partial charge is 0.494 e. The first-order valence-electron chi connectivity index (χ1n) is 9.31. The number of carbonyl (C=O) groups excluding carboxylic acids is 2. The molecule has 1 aliphatic heterocycles. The Bertz CT molecular complexity index is 972. The number of nitrogens with one attached hydrogen (secondary N) is 2. The molecule has 2 amide bonds. The number of rotatable bonds is 8. The normalized spacial score (nSPS) is 14.1. The number of hydrazine groups is 1. The molecule has 2 aromatic rings. The van der Waals surface area contributed by atoms with Gasteiger partial charge in [0.15, 0.2) is 0 Å². The summed E-state index contributed by atoms with van der Waals surface area (Å²) in [6.07, 6.45) is 1.45. The highest BCUT2D eigenvalue weighted by Gasteiger charge is 2.20. The van der Waals surface area contributed by atoms with Gasteiger partial charge in [0.1, 0.15) is 5.75 Å². The summed E-state index contributed by atoms with van der Waals surface area (Å²) in [5.41, 5.74) is 3.42. The minimum absolute atomic E-state index is 0.00637. The minimum Gasteiger partial charge on any atom is -0.494 e. The number of hydrogen-bond acceptors (Lipinski definition) is 5. The molecule has 0 aliphatic carbocycles. The van der Waals surface area contributed by atoms with E-state index in [1.807, 2.05) is 6.92 Å². The van der Waals surface area contributed by atoms with E-state index in [1.165, 1.54) is 12.1 Å². The topological polar surface area (TPSA) is 105 Å². The zero-order valence-electron chi connectivity index (χ0n) is 16.1.